The van der Waals surface area contributed by atoms with E-state index in [0.29, 0.717) is 28.2 Å². The van der Waals surface area contributed by atoms with Gasteiger partial charge in [0.1, 0.15) is 18.1 Å². The Kier molecular flexibility index (Phi) is 7.75. The fourth-order valence-corrected chi connectivity index (χ4v) is 6.11. The van der Waals surface area contributed by atoms with Crippen molar-refractivity contribution in [1.29, 1.82) is 0 Å². The number of thioether (sulfide) groups is 1. The monoisotopic (exact) mass is 568 g/mol. The summed E-state index contributed by atoms with van der Waals surface area (Å²) in [5, 5.41) is 6.41. The number of carbonyl (C=O) groups is 1. The highest BCUT2D eigenvalue weighted by Gasteiger charge is 2.29. The molecular weight excluding hydrogens is 540 g/mol. The molecule has 202 valence electrons. The highest BCUT2D eigenvalue weighted by Crippen LogP contribution is 2.35. The molecule has 0 bridgehead atoms. The minimum absolute atomic E-state index is 0.200. The molecule has 1 aromatic heterocycles. The number of amidine groups is 1. The summed E-state index contributed by atoms with van der Waals surface area (Å²) in [6.45, 7) is 4.49. The second-order valence-electron chi connectivity index (χ2n) is 10.1. The van der Waals surface area contributed by atoms with E-state index < -0.39 is 0 Å². The molecule has 1 saturated heterocycles. The summed E-state index contributed by atoms with van der Waals surface area (Å²) < 4.78 is 7.93. The first kappa shape index (κ1) is 26.4. The van der Waals surface area contributed by atoms with Crippen LogP contribution in [0.2, 0.25) is 5.02 Å². The number of para-hydroxylation sites is 1. The van der Waals surface area contributed by atoms with Crippen molar-refractivity contribution in [3.05, 3.63) is 106 Å². The Bertz CT molecular complexity index is 1600. The Morgan fingerprint density at radius 3 is 2.73 bits per heavy atom. The van der Waals surface area contributed by atoms with E-state index >= 15 is 0 Å². The average molecular weight is 569 g/mol. The number of aromatic nitrogens is 2. The van der Waals surface area contributed by atoms with Crippen LogP contribution in [0.4, 0.5) is 0 Å². The summed E-state index contributed by atoms with van der Waals surface area (Å²) in [6.07, 6.45) is 6.21. The number of carbonyl (C=O) groups excluding carboxylic acids is 1. The van der Waals surface area contributed by atoms with Crippen molar-refractivity contribution in [2.75, 3.05) is 13.1 Å². The van der Waals surface area contributed by atoms with Crippen molar-refractivity contribution in [2.45, 2.75) is 26.4 Å². The normalized spacial score (nSPS) is 18.3. The number of nitrogens with zero attached hydrogens (tertiary/aromatic N) is 4. The van der Waals surface area contributed by atoms with Gasteiger partial charge < -0.3 is 9.64 Å². The molecule has 3 heterocycles. The number of aliphatic imine (C=N–C) groups is 1. The smallest absolute Gasteiger partial charge is 0.286 e. The maximum atomic E-state index is 13.0. The Hall–Kier alpha value is -3.81. The van der Waals surface area contributed by atoms with Crippen LogP contribution in [0.25, 0.3) is 23.0 Å². The first-order valence-electron chi connectivity index (χ1n) is 13.4. The number of likely N-dealkylation sites (tertiary alicyclic amines) is 1. The molecular formula is C32H29ClN4O2S. The molecule has 0 N–H and O–H groups in total. The van der Waals surface area contributed by atoms with Gasteiger partial charge in [-0.25, -0.2) is 4.68 Å². The van der Waals surface area contributed by atoms with Crippen LogP contribution < -0.4 is 4.74 Å². The maximum absolute atomic E-state index is 13.0. The quantitative estimate of drug-likeness (QED) is 0.226. The van der Waals surface area contributed by atoms with Crippen LogP contribution in [0, 0.1) is 5.92 Å². The average Bonchev–Trinajstić information content (AvgIpc) is 3.57. The number of hydrogen-bond donors (Lipinski definition) is 0. The molecule has 0 spiro atoms. The van der Waals surface area contributed by atoms with Gasteiger partial charge in [0.15, 0.2) is 5.17 Å². The second kappa shape index (κ2) is 11.7. The number of piperidine rings is 1. The fraction of sp³-hybridized carbons (Fsp3) is 0.219. The highest BCUT2D eigenvalue weighted by atomic mass is 35.5. The number of hydrogen-bond acceptors (Lipinski definition) is 5. The lowest BCUT2D eigenvalue weighted by Crippen LogP contribution is -2.37. The topological polar surface area (TPSA) is 59.7 Å². The largest absolute Gasteiger partial charge is 0.489 e. The third-order valence-electron chi connectivity index (χ3n) is 7.05. The number of ether oxygens (including phenoxy) is 1. The first-order chi connectivity index (χ1) is 19.5. The van der Waals surface area contributed by atoms with E-state index in [1.165, 1.54) is 18.2 Å². The molecule has 1 unspecified atom stereocenters. The molecule has 0 radical (unpaired) electrons. The second-order valence-corrected chi connectivity index (χ2v) is 11.5. The molecule has 8 heteroatoms. The van der Waals surface area contributed by atoms with E-state index in [1.807, 2.05) is 95.8 Å². The Labute approximate surface area is 243 Å². The molecule has 3 aromatic carbocycles. The Morgan fingerprint density at radius 1 is 1.07 bits per heavy atom. The first-order valence-corrected chi connectivity index (χ1v) is 14.6. The van der Waals surface area contributed by atoms with Gasteiger partial charge in [-0.3, -0.25) is 4.79 Å². The summed E-state index contributed by atoms with van der Waals surface area (Å²) in [5.74, 6) is 1.11. The zero-order valence-corrected chi connectivity index (χ0v) is 23.7. The number of halogens is 1. The Morgan fingerprint density at radius 2 is 1.90 bits per heavy atom. The lowest BCUT2D eigenvalue weighted by atomic mass is 10.0. The third-order valence-corrected chi connectivity index (χ3v) is 8.46. The van der Waals surface area contributed by atoms with Gasteiger partial charge in [0.05, 0.1) is 10.6 Å². The van der Waals surface area contributed by atoms with Crippen molar-refractivity contribution in [1.82, 2.24) is 14.7 Å². The van der Waals surface area contributed by atoms with E-state index in [0.717, 1.165) is 52.7 Å². The predicted molar refractivity (Wildman–Crippen MR) is 163 cm³/mol. The molecule has 0 aliphatic carbocycles. The van der Waals surface area contributed by atoms with Crippen LogP contribution in [-0.4, -0.2) is 38.8 Å². The SMILES string of the molecule is CC1CCCN(C2=NC(=O)/C(=C/c3cn(-c4ccccc4)nc3-c3cccc(OCc4ccccc4Cl)c3)S2)C1. The molecule has 6 rings (SSSR count). The summed E-state index contributed by atoms with van der Waals surface area (Å²) >= 11 is 7.77. The van der Waals surface area contributed by atoms with E-state index in [1.54, 1.807) is 0 Å². The van der Waals surface area contributed by atoms with E-state index in [2.05, 4.69) is 16.8 Å². The minimum Gasteiger partial charge on any atom is -0.489 e. The summed E-state index contributed by atoms with van der Waals surface area (Å²) in [7, 11) is 0. The zero-order chi connectivity index (χ0) is 27.5. The summed E-state index contributed by atoms with van der Waals surface area (Å²) in [6, 6.07) is 25.4. The molecule has 1 amide bonds. The molecule has 2 aliphatic heterocycles. The van der Waals surface area contributed by atoms with E-state index in [9.17, 15) is 4.79 Å². The van der Waals surface area contributed by atoms with Gasteiger partial charge in [-0.1, -0.05) is 67.1 Å². The van der Waals surface area contributed by atoms with Gasteiger partial charge in [0.2, 0.25) is 0 Å². The van der Waals surface area contributed by atoms with Crippen molar-refractivity contribution >= 4 is 40.5 Å². The van der Waals surface area contributed by atoms with Crippen molar-refractivity contribution < 1.29 is 9.53 Å². The molecule has 40 heavy (non-hydrogen) atoms. The van der Waals surface area contributed by atoms with Crippen LogP contribution in [0.15, 0.2) is 95.0 Å². The van der Waals surface area contributed by atoms with Crippen molar-refractivity contribution in [2.24, 2.45) is 10.9 Å². The summed E-state index contributed by atoms with van der Waals surface area (Å²) in [5.41, 5.74) is 4.34. The zero-order valence-electron chi connectivity index (χ0n) is 22.2. The van der Waals surface area contributed by atoms with Gasteiger partial charge in [0, 0.05) is 41.0 Å². The van der Waals surface area contributed by atoms with E-state index in [4.69, 9.17) is 21.4 Å². The molecule has 6 nitrogen and oxygen atoms in total. The van der Waals surface area contributed by atoms with Crippen LogP contribution in [0.3, 0.4) is 0 Å². The van der Waals surface area contributed by atoms with E-state index in [-0.39, 0.29) is 5.91 Å². The maximum Gasteiger partial charge on any atom is 0.286 e. The number of amides is 1. The Balaban J connectivity index is 1.31. The van der Waals surface area contributed by atoms with Gasteiger partial charge >= 0.3 is 0 Å². The minimum atomic E-state index is -0.200. The standard InChI is InChI=1S/C32H29ClN4O2S/c1-22-9-8-16-36(19-22)32-34-31(38)29(40-32)18-25-20-37(26-12-3-2-4-13-26)35-30(25)23-11-7-14-27(17-23)39-21-24-10-5-6-15-28(24)33/h2-7,10-15,17-18,20,22H,8-9,16,19,21H2,1H3/b29-18-. The van der Waals surface area contributed by atoms with Crippen LogP contribution in [0.5, 0.6) is 5.75 Å². The fourth-order valence-electron chi connectivity index (χ4n) is 4.98. The predicted octanol–water partition coefficient (Wildman–Crippen LogP) is 7.47. The lowest BCUT2D eigenvalue weighted by molar-refractivity contribution is -0.113. The molecule has 1 atom stereocenters. The molecule has 0 saturated carbocycles. The van der Waals surface area contributed by atoms with Crippen LogP contribution in [-0.2, 0) is 11.4 Å². The summed E-state index contributed by atoms with van der Waals surface area (Å²) in [4.78, 5) is 20.2. The molecule has 2 aliphatic rings. The van der Waals surface area contributed by atoms with Gasteiger partial charge in [-0.2, -0.15) is 10.1 Å². The van der Waals surface area contributed by atoms with Gasteiger partial charge in [-0.15, -0.1) is 0 Å². The van der Waals surface area contributed by atoms with Gasteiger partial charge in [0.25, 0.3) is 5.91 Å². The third kappa shape index (κ3) is 5.86. The highest BCUT2D eigenvalue weighted by molar-refractivity contribution is 8.18. The molecule has 4 aromatic rings. The van der Waals surface area contributed by atoms with Crippen LogP contribution in [0.1, 0.15) is 30.9 Å². The van der Waals surface area contributed by atoms with Crippen molar-refractivity contribution in [3.8, 4) is 22.7 Å². The number of rotatable bonds is 6. The van der Waals surface area contributed by atoms with Crippen LogP contribution >= 0.6 is 23.4 Å². The van der Waals surface area contributed by atoms with Gasteiger partial charge in [-0.05, 0) is 66.9 Å². The van der Waals surface area contributed by atoms with Crippen molar-refractivity contribution in [3.63, 3.8) is 0 Å². The molecule has 1 fully saturated rings. The number of benzene rings is 3. The lowest BCUT2D eigenvalue weighted by Gasteiger charge is -2.31.